The molecule has 1 aromatic heterocycles. The molecule has 0 bridgehead atoms. The van der Waals surface area contributed by atoms with E-state index in [1.165, 1.54) is 7.11 Å². The summed E-state index contributed by atoms with van der Waals surface area (Å²) in [4.78, 5) is 39.3. The first-order chi connectivity index (χ1) is 11.9. The van der Waals surface area contributed by atoms with Crippen molar-refractivity contribution in [2.45, 2.75) is 20.8 Å². The van der Waals surface area contributed by atoms with Crippen molar-refractivity contribution in [2.75, 3.05) is 19.0 Å². The Morgan fingerprint density at radius 1 is 1.12 bits per heavy atom. The van der Waals surface area contributed by atoms with Crippen molar-refractivity contribution in [3.63, 3.8) is 0 Å². The van der Waals surface area contributed by atoms with E-state index >= 15 is 0 Å². The minimum absolute atomic E-state index is 0.240. The van der Waals surface area contributed by atoms with Gasteiger partial charge in [0.2, 0.25) is 0 Å². The monoisotopic (exact) mass is 344 g/mol. The highest BCUT2D eigenvalue weighted by atomic mass is 16.5. The van der Waals surface area contributed by atoms with Gasteiger partial charge in [-0.05, 0) is 38.5 Å². The SMILES string of the molecule is CCOC(=O)c1[nH]c(C)c(C(=O)Nc2ccccc2C(=O)OC)c1C. The number of amides is 1. The summed E-state index contributed by atoms with van der Waals surface area (Å²) in [7, 11) is 1.27. The Morgan fingerprint density at radius 2 is 1.80 bits per heavy atom. The summed E-state index contributed by atoms with van der Waals surface area (Å²) in [5.74, 6) is -1.50. The van der Waals surface area contributed by atoms with Crippen molar-refractivity contribution in [3.8, 4) is 0 Å². The Morgan fingerprint density at radius 3 is 2.44 bits per heavy atom. The van der Waals surface area contributed by atoms with Crippen LogP contribution in [0.15, 0.2) is 24.3 Å². The Hall–Kier alpha value is -3.09. The second-order valence-corrected chi connectivity index (χ2v) is 5.34. The van der Waals surface area contributed by atoms with Crippen LogP contribution in [0.5, 0.6) is 0 Å². The van der Waals surface area contributed by atoms with Gasteiger partial charge >= 0.3 is 11.9 Å². The topological polar surface area (TPSA) is 97.5 Å². The van der Waals surface area contributed by atoms with Gasteiger partial charge in [0, 0.05) is 5.69 Å². The average molecular weight is 344 g/mol. The first-order valence-corrected chi connectivity index (χ1v) is 7.75. The summed E-state index contributed by atoms with van der Waals surface area (Å²) in [5.41, 5.74) is 2.18. The van der Waals surface area contributed by atoms with Gasteiger partial charge in [-0.3, -0.25) is 4.79 Å². The van der Waals surface area contributed by atoms with E-state index in [4.69, 9.17) is 9.47 Å². The summed E-state index contributed by atoms with van der Waals surface area (Å²) in [6, 6.07) is 6.53. The molecule has 0 unspecified atom stereocenters. The van der Waals surface area contributed by atoms with Crippen molar-refractivity contribution in [1.29, 1.82) is 0 Å². The van der Waals surface area contributed by atoms with Crippen molar-refractivity contribution in [3.05, 3.63) is 52.3 Å². The number of benzene rings is 1. The number of hydrogen-bond donors (Lipinski definition) is 2. The molecule has 7 nitrogen and oxygen atoms in total. The van der Waals surface area contributed by atoms with Gasteiger partial charge in [-0.2, -0.15) is 0 Å². The summed E-state index contributed by atoms with van der Waals surface area (Å²) in [5, 5.41) is 2.70. The van der Waals surface area contributed by atoms with Crippen molar-refractivity contribution in [2.24, 2.45) is 0 Å². The summed E-state index contributed by atoms with van der Waals surface area (Å²) < 4.78 is 9.69. The van der Waals surface area contributed by atoms with Crippen LogP contribution in [0.3, 0.4) is 0 Å². The number of esters is 2. The number of anilines is 1. The van der Waals surface area contributed by atoms with Crippen LogP contribution in [0.2, 0.25) is 0 Å². The average Bonchev–Trinajstić information content (AvgIpc) is 2.89. The Kier molecular flexibility index (Phi) is 5.59. The van der Waals surface area contributed by atoms with Crippen LogP contribution in [0.1, 0.15) is 49.4 Å². The molecule has 2 N–H and O–H groups in total. The van der Waals surface area contributed by atoms with Gasteiger partial charge in [-0.25, -0.2) is 9.59 Å². The number of carbonyl (C=O) groups excluding carboxylic acids is 3. The molecule has 132 valence electrons. The lowest BCUT2D eigenvalue weighted by atomic mass is 10.1. The van der Waals surface area contributed by atoms with Crippen LogP contribution in [0.4, 0.5) is 5.69 Å². The van der Waals surface area contributed by atoms with Gasteiger partial charge in [0.1, 0.15) is 5.69 Å². The smallest absolute Gasteiger partial charge is 0.355 e. The quantitative estimate of drug-likeness (QED) is 0.813. The van der Waals surface area contributed by atoms with Crippen LogP contribution in [0, 0.1) is 13.8 Å². The maximum atomic E-state index is 12.7. The van der Waals surface area contributed by atoms with E-state index < -0.39 is 17.8 Å². The zero-order valence-corrected chi connectivity index (χ0v) is 14.6. The highest BCUT2D eigenvalue weighted by Gasteiger charge is 2.23. The molecule has 2 rings (SSSR count). The number of nitrogens with one attached hydrogen (secondary N) is 2. The molecule has 0 spiro atoms. The largest absolute Gasteiger partial charge is 0.465 e. The highest BCUT2D eigenvalue weighted by molar-refractivity contribution is 6.10. The second kappa shape index (κ2) is 7.65. The maximum Gasteiger partial charge on any atom is 0.355 e. The second-order valence-electron chi connectivity index (χ2n) is 5.34. The Bertz CT molecular complexity index is 823. The van der Waals surface area contributed by atoms with Crippen LogP contribution in [-0.4, -0.2) is 36.5 Å². The van der Waals surface area contributed by atoms with Crippen molar-refractivity contribution < 1.29 is 23.9 Å². The fraction of sp³-hybridized carbons (Fsp3) is 0.278. The number of H-pyrrole nitrogens is 1. The number of aromatic amines is 1. The number of aryl methyl sites for hydroxylation is 1. The molecule has 1 amide bonds. The minimum atomic E-state index is -0.550. The number of rotatable bonds is 5. The number of ether oxygens (including phenoxy) is 2. The molecule has 25 heavy (non-hydrogen) atoms. The van der Waals surface area contributed by atoms with Crippen LogP contribution in [-0.2, 0) is 9.47 Å². The molecule has 0 aliphatic carbocycles. The number of methoxy groups -OCH3 is 1. The molecule has 0 fully saturated rings. The lowest BCUT2D eigenvalue weighted by molar-refractivity contribution is 0.0518. The molecule has 0 aliphatic rings. The lowest BCUT2D eigenvalue weighted by Crippen LogP contribution is -2.17. The first-order valence-electron chi connectivity index (χ1n) is 7.75. The molecule has 0 saturated heterocycles. The van der Waals surface area contributed by atoms with E-state index in [-0.39, 0.29) is 17.9 Å². The van der Waals surface area contributed by atoms with Crippen molar-refractivity contribution >= 4 is 23.5 Å². The Balaban J connectivity index is 2.34. The van der Waals surface area contributed by atoms with Gasteiger partial charge in [-0.1, -0.05) is 12.1 Å². The van der Waals surface area contributed by atoms with E-state index in [0.717, 1.165) is 0 Å². The number of aromatic nitrogens is 1. The van der Waals surface area contributed by atoms with E-state index in [1.807, 2.05) is 0 Å². The molecule has 7 heteroatoms. The van der Waals surface area contributed by atoms with E-state index in [1.54, 1.807) is 45.0 Å². The van der Waals surface area contributed by atoms with Gasteiger partial charge in [0.05, 0.1) is 30.5 Å². The number of hydrogen-bond acceptors (Lipinski definition) is 5. The normalized spacial score (nSPS) is 10.2. The highest BCUT2D eigenvalue weighted by Crippen LogP contribution is 2.22. The van der Waals surface area contributed by atoms with Gasteiger partial charge in [0.15, 0.2) is 0 Å². The van der Waals surface area contributed by atoms with Gasteiger partial charge in [-0.15, -0.1) is 0 Å². The number of carbonyl (C=O) groups is 3. The third-order valence-corrected chi connectivity index (χ3v) is 3.72. The predicted molar refractivity (Wildman–Crippen MR) is 92.0 cm³/mol. The molecule has 0 aliphatic heterocycles. The molecule has 1 heterocycles. The lowest BCUT2D eigenvalue weighted by Gasteiger charge is -2.10. The Labute approximate surface area is 145 Å². The zero-order valence-electron chi connectivity index (χ0n) is 14.6. The van der Waals surface area contributed by atoms with Crippen molar-refractivity contribution in [1.82, 2.24) is 4.98 Å². The minimum Gasteiger partial charge on any atom is -0.465 e. The third-order valence-electron chi connectivity index (χ3n) is 3.72. The fourth-order valence-electron chi connectivity index (χ4n) is 2.56. The summed E-state index contributed by atoms with van der Waals surface area (Å²) >= 11 is 0. The zero-order chi connectivity index (χ0) is 18.6. The fourth-order valence-corrected chi connectivity index (χ4v) is 2.56. The standard InChI is InChI=1S/C18H20N2O5/c1-5-25-18(23)15-10(2)14(11(3)19-15)16(21)20-13-9-7-6-8-12(13)17(22)24-4/h6-9,19H,5H2,1-4H3,(H,20,21). The third kappa shape index (κ3) is 3.71. The van der Waals surface area contributed by atoms with Crippen LogP contribution >= 0.6 is 0 Å². The maximum absolute atomic E-state index is 12.7. The molecular formula is C18H20N2O5. The van der Waals surface area contributed by atoms with Gasteiger partial charge < -0.3 is 19.8 Å². The molecule has 0 radical (unpaired) electrons. The summed E-state index contributed by atoms with van der Waals surface area (Å²) in [6.45, 7) is 5.30. The van der Waals surface area contributed by atoms with Crippen LogP contribution in [0.25, 0.3) is 0 Å². The van der Waals surface area contributed by atoms with E-state index in [9.17, 15) is 14.4 Å². The number of para-hydroxylation sites is 1. The van der Waals surface area contributed by atoms with Crippen LogP contribution < -0.4 is 5.32 Å². The van der Waals surface area contributed by atoms with Gasteiger partial charge in [0.25, 0.3) is 5.91 Å². The molecular weight excluding hydrogens is 324 g/mol. The predicted octanol–water partition coefficient (Wildman–Crippen LogP) is 2.85. The van der Waals surface area contributed by atoms with E-state index in [2.05, 4.69) is 10.3 Å². The molecule has 2 aromatic rings. The first kappa shape index (κ1) is 18.3. The molecule has 1 aromatic carbocycles. The van der Waals surface area contributed by atoms with E-state index in [0.29, 0.717) is 22.5 Å². The molecule has 0 saturated carbocycles. The summed E-state index contributed by atoms with van der Waals surface area (Å²) in [6.07, 6.45) is 0. The molecule has 0 atom stereocenters.